The number of allylic oxidation sites excluding steroid dienone is 1. The van der Waals surface area contributed by atoms with E-state index in [1.54, 1.807) is 4.90 Å². The Morgan fingerprint density at radius 2 is 2.03 bits per heavy atom. The third kappa shape index (κ3) is 5.03. The monoisotopic (exact) mass is 417 g/mol. The third-order valence-corrected chi connectivity index (χ3v) is 6.67. The number of carboxylic acids is 1. The van der Waals surface area contributed by atoms with Crippen LogP contribution in [0.4, 0.5) is 0 Å². The Morgan fingerprint density at radius 1 is 1.28 bits per heavy atom. The summed E-state index contributed by atoms with van der Waals surface area (Å²) in [5.41, 5.74) is 3.50. The van der Waals surface area contributed by atoms with Gasteiger partial charge in [-0.2, -0.15) is 0 Å². The van der Waals surface area contributed by atoms with E-state index in [0.717, 1.165) is 54.7 Å². The molecule has 0 radical (unpaired) electrons. The van der Waals surface area contributed by atoms with E-state index in [-0.39, 0.29) is 29.7 Å². The van der Waals surface area contributed by atoms with Crippen molar-refractivity contribution in [1.82, 2.24) is 4.90 Å². The first kappa shape index (κ1) is 21.9. The number of halogens is 1. The Labute approximate surface area is 178 Å². The first-order valence-corrected chi connectivity index (χ1v) is 11.0. The number of carbonyl (C=O) groups excluding carboxylic acids is 1. The fourth-order valence-electron chi connectivity index (χ4n) is 4.55. The van der Waals surface area contributed by atoms with Gasteiger partial charge in [0, 0.05) is 29.6 Å². The molecule has 1 atom stereocenters. The quantitative estimate of drug-likeness (QED) is 0.643. The lowest BCUT2D eigenvalue weighted by Crippen LogP contribution is -2.44. The number of aliphatic carboxylic acids is 1. The Hall–Kier alpha value is -1.81. The van der Waals surface area contributed by atoms with Gasteiger partial charge < -0.3 is 10.0 Å². The number of amides is 1. The Bertz CT molecular complexity index is 824. The van der Waals surface area contributed by atoms with E-state index >= 15 is 0 Å². The average Bonchev–Trinajstić information content (AvgIpc) is 2.64. The summed E-state index contributed by atoms with van der Waals surface area (Å²) >= 11 is 6.67. The number of carboxylic acid groups (broad SMARTS) is 1. The molecule has 1 saturated carbocycles. The molecule has 29 heavy (non-hydrogen) atoms. The van der Waals surface area contributed by atoms with Crippen LogP contribution in [0, 0.1) is 5.41 Å². The second-order valence-electron chi connectivity index (χ2n) is 9.72. The molecule has 0 saturated heterocycles. The average molecular weight is 418 g/mol. The summed E-state index contributed by atoms with van der Waals surface area (Å²) in [6, 6.07) is 6.35. The van der Waals surface area contributed by atoms with Crippen LogP contribution in [0.3, 0.4) is 0 Å². The number of fused-ring (bicyclic) bond motifs is 1. The molecule has 1 heterocycles. The van der Waals surface area contributed by atoms with Gasteiger partial charge in [0.1, 0.15) is 0 Å². The van der Waals surface area contributed by atoms with Crippen molar-refractivity contribution in [3.05, 3.63) is 46.1 Å². The number of nitrogens with zero attached hydrogens (tertiary/aromatic N) is 1. The van der Waals surface area contributed by atoms with Gasteiger partial charge in [0.05, 0.1) is 6.42 Å². The first-order chi connectivity index (χ1) is 13.6. The van der Waals surface area contributed by atoms with Crippen molar-refractivity contribution >= 4 is 23.5 Å². The maximum atomic E-state index is 12.9. The zero-order valence-electron chi connectivity index (χ0n) is 17.8. The molecule has 1 fully saturated rings. The van der Waals surface area contributed by atoms with E-state index in [4.69, 9.17) is 16.7 Å². The van der Waals surface area contributed by atoms with E-state index in [9.17, 15) is 9.59 Å². The molecule has 0 unspecified atom stereocenters. The highest BCUT2D eigenvalue weighted by Gasteiger charge is 2.44. The highest BCUT2D eigenvalue weighted by Crippen LogP contribution is 2.49. The normalized spacial score (nSPS) is 22.3. The highest BCUT2D eigenvalue weighted by molar-refractivity contribution is 6.31. The first-order valence-electron chi connectivity index (χ1n) is 10.6. The van der Waals surface area contributed by atoms with Gasteiger partial charge in [0.25, 0.3) is 0 Å². The van der Waals surface area contributed by atoms with E-state index < -0.39 is 5.97 Å². The van der Waals surface area contributed by atoms with Crippen LogP contribution < -0.4 is 0 Å². The van der Waals surface area contributed by atoms with Gasteiger partial charge >= 0.3 is 5.97 Å². The van der Waals surface area contributed by atoms with E-state index in [0.29, 0.717) is 6.42 Å². The molecule has 3 rings (SSSR count). The largest absolute Gasteiger partial charge is 0.481 e. The van der Waals surface area contributed by atoms with Gasteiger partial charge in [-0.25, -0.2) is 0 Å². The van der Waals surface area contributed by atoms with Crippen molar-refractivity contribution in [3.8, 4) is 0 Å². The minimum Gasteiger partial charge on any atom is -0.481 e. The summed E-state index contributed by atoms with van der Waals surface area (Å²) in [5.74, 6) is -0.876. The molecule has 0 spiro atoms. The highest BCUT2D eigenvalue weighted by atomic mass is 35.5. The Kier molecular flexibility index (Phi) is 6.42. The van der Waals surface area contributed by atoms with Crippen LogP contribution in [0.5, 0.6) is 0 Å². The molecule has 1 aliphatic heterocycles. The van der Waals surface area contributed by atoms with Crippen LogP contribution in [0.25, 0.3) is 0 Å². The predicted molar refractivity (Wildman–Crippen MR) is 116 cm³/mol. The maximum Gasteiger partial charge on any atom is 0.305 e. The number of hydrogen-bond acceptors (Lipinski definition) is 2. The molecule has 1 N–H and O–H groups in total. The zero-order valence-corrected chi connectivity index (χ0v) is 18.5. The fourth-order valence-corrected chi connectivity index (χ4v) is 4.82. The lowest BCUT2D eigenvalue weighted by Gasteiger charge is -2.45. The number of benzene rings is 1. The summed E-state index contributed by atoms with van der Waals surface area (Å²) < 4.78 is 0. The fraction of sp³-hybridized carbons (Fsp3) is 0.583. The standard InChI is InChI=1S/C24H32ClNO3/c1-23(2,3)12-9-17-7-8-18(14-20(17)25)24-11-5-4-6-19(24)16-26(21(27)15-24)13-10-22(28)29/h7-8,14,16H,4-6,9-13,15H2,1-3H3,(H,28,29)/t24-/m0/s1. The van der Waals surface area contributed by atoms with Crippen LogP contribution in [0.1, 0.15) is 76.8 Å². The lowest BCUT2D eigenvalue weighted by atomic mass is 9.63. The van der Waals surface area contributed by atoms with Gasteiger partial charge in [-0.1, -0.05) is 50.9 Å². The molecular weight excluding hydrogens is 386 g/mol. The Balaban J connectivity index is 1.89. The molecular formula is C24H32ClNO3. The molecule has 0 bridgehead atoms. The number of rotatable bonds is 6. The molecule has 2 aliphatic rings. The van der Waals surface area contributed by atoms with Gasteiger partial charge in [-0.3, -0.25) is 9.59 Å². The van der Waals surface area contributed by atoms with Crippen molar-refractivity contribution in [2.24, 2.45) is 5.41 Å². The Morgan fingerprint density at radius 3 is 2.69 bits per heavy atom. The summed E-state index contributed by atoms with van der Waals surface area (Å²) in [6.07, 6.45) is 8.38. The number of carbonyl (C=O) groups is 2. The summed E-state index contributed by atoms with van der Waals surface area (Å²) in [6.45, 7) is 6.94. The molecule has 4 nitrogen and oxygen atoms in total. The molecule has 1 aromatic rings. The minimum atomic E-state index is -0.880. The second-order valence-corrected chi connectivity index (χ2v) is 10.1. The van der Waals surface area contributed by atoms with Crippen LogP contribution in [0.15, 0.2) is 30.0 Å². The van der Waals surface area contributed by atoms with Crippen LogP contribution in [-0.2, 0) is 21.4 Å². The molecule has 5 heteroatoms. The summed E-state index contributed by atoms with van der Waals surface area (Å²) in [4.78, 5) is 25.4. The third-order valence-electron chi connectivity index (χ3n) is 6.32. The van der Waals surface area contributed by atoms with Crippen molar-refractivity contribution < 1.29 is 14.7 Å². The SMILES string of the molecule is CC(C)(C)CCc1ccc([C@@]23CCCCC2=CN(CCC(=O)O)C(=O)C3)cc1Cl. The summed E-state index contributed by atoms with van der Waals surface area (Å²) in [7, 11) is 0. The molecule has 1 aliphatic carbocycles. The van der Waals surface area contributed by atoms with Gasteiger partial charge in [-0.05, 0) is 60.3 Å². The molecule has 0 aromatic heterocycles. The van der Waals surface area contributed by atoms with Crippen LogP contribution >= 0.6 is 11.6 Å². The zero-order chi connectivity index (χ0) is 21.2. The predicted octanol–water partition coefficient (Wildman–Crippen LogP) is 5.72. The number of hydrogen-bond donors (Lipinski definition) is 1. The smallest absolute Gasteiger partial charge is 0.305 e. The van der Waals surface area contributed by atoms with Gasteiger partial charge in [0.2, 0.25) is 5.91 Å². The van der Waals surface area contributed by atoms with Crippen molar-refractivity contribution in [3.63, 3.8) is 0 Å². The molecule has 1 aromatic carbocycles. The minimum absolute atomic E-state index is 0.00447. The van der Waals surface area contributed by atoms with Crippen molar-refractivity contribution in [1.29, 1.82) is 0 Å². The second kappa shape index (κ2) is 8.51. The van der Waals surface area contributed by atoms with Crippen LogP contribution in [-0.4, -0.2) is 28.4 Å². The van der Waals surface area contributed by atoms with Gasteiger partial charge in [0.15, 0.2) is 0 Å². The van der Waals surface area contributed by atoms with E-state index in [2.05, 4.69) is 39.0 Å². The van der Waals surface area contributed by atoms with Crippen molar-refractivity contribution in [2.45, 2.75) is 77.6 Å². The van der Waals surface area contributed by atoms with E-state index in [1.165, 1.54) is 5.57 Å². The topological polar surface area (TPSA) is 57.6 Å². The lowest BCUT2D eigenvalue weighted by molar-refractivity contribution is -0.138. The maximum absolute atomic E-state index is 12.9. The molecule has 158 valence electrons. The van der Waals surface area contributed by atoms with Crippen LogP contribution in [0.2, 0.25) is 5.02 Å². The summed E-state index contributed by atoms with van der Waals surface area (Å²) in [5, 5.41) is 9.75. The molecule has 1 amide bonds. The van der Waals surface area contributed by atoms with Crippen molar-refractivity contribution in [2.75, 3.05) is 6.54 Å². The van der Waals surface area contributed by atoms with Gasteiger partial charge in [-0.15, -0.1) is 0 Å². The van der Waals surface area contributed by atoms with E-state index in [1.807, 2.05) is 6.20 Å². The number of aryl methyl sites for hydroxylation is 1.